The van der Waals surface area contributed by atoms with E-state index in [1.807, 2.05) is 4.90 Å². The highest BCUT2D eigenvalue weighted by Crippen LogP contribution is 2.11. The largest absolute Gasteiger partial charge is 0.342 e. The summed E-state index contributed by atoms with van der Waals surface area (Å²) in [5, 5.41) is 0. The molecular formula is C12H22NO. The Kier molecular flexibility index (Phi) is 5.65. The van der Waals surface area contributed by atoms with Crippen molar-refractivity contribution in [2.75, 3.05) is 13.1 Å². The molecule has 2 nitrogen and oxygen atoms in total. The van der Waals surface area contributed by atoms with Gasteiger partial charge < -0.3 is 4.90 Å². The van der Waals surface area contributed by atoms with Gasteiger partial charge in [0.15, 0.2) is 0 Å². The van der Waals surface area contributed by atoms with Crippen molar-refractivity contribution in [2.24, 2.45) is 0 Å². The second-order valence-electron chi connectivity index (χ2n) is 4.10. The fraction of sp³-hybridized carbons (Fsp3) is 0.833. The van der Waals surface area contributed by atoms with Crippen LogP contribution in [0, 0.1) is 6.42 Å². The summed E-state index contributed by atoms with van der Waals surface area (Å²) in [4.78, 5) is 13.2. The molecule has 0 aromatic heterocycles. The number of likely N-dealkylation sites (tertiary alicyclic amines) is 1. The number of hydrogen-bond donors (Lipinski definition) is 0. The van der Waals surface area contributed by atoms with E-state index in [-0.39, 0.29) is 0 Å². The molecule has 0 aromatic carbocycles. The molecule has 0 N–H and O–H groups in total. The van der Waals surface area contributed by atoms with Crippen molar-refractivity contribution in [2.45, 2.75) is 51.9 Å². The molecule has 2 heteroatoms. The SMILES string of the molecule is CCCCCCCCN1C[CH]CC1=O. The highest BCUT2D eigenvalue weighted by Gasteiger charge is 2.18. The van der Waals surface area contributed by atoms with Crippen LogP contribution in [0.3, 0.4) is 0 Å². The molecule has 0 atom stereocenters. The van der Waals surface area contributed by atoms with Gasteiger partial charge in [-0.3, -0.25) is 4.79 Å². The van der Waals surface area contributed by atoms with E-state index >= 15 is 0 Å². The van der Waals surface area contributed by atoms with Gasteiger partial charge in [0, 0.05) is 19.5 Å². The topological polar surface area (TPSA) is 20.3 Å². The lowest BCUT2D eigenvalue weighted by Gasteiger charge is -2.14. The molecule has 0 aromatic rings. The van der Waals surface area contributed by atoms with E-state index in [0.29, 0.717) is 12.3 Å². The van der Waals surface area contributed by atoms with Gasteiger partial charge in [0.2, 0.25) is 5.91 Å². The predicted octanol–water partition coefficient (Wildman–Crippen LogP) is 2.78. The first-order valence-corrected chi connectivity index (χ1v) is 5.94. The van der Waals surface area contributed by atoms with Gasteiger partial charge in [-0.05, 0) is 12.8 Å². The van der Waals surface area contributed by atoms with Crippen molar-refractivity contribution in [1.29, 1.82) is 0 Å². The summed E-state index contributed by atoms with van der Waals surface area (Å²) in [7, 11) is 0. The Hall–Kier alpha value is -0.530. The van der Waals surface area contributed by atoms with Gasteiger partial charge in [0.1, 0.15) is 0 Å². The quantitative estimate of drug-likeness (QED) is 0.573. The predicted molar refractivity (Wildman–Crippen MR) is 58.9 cm³/mol. The van der Waals surface area contributed by atoms with Crippen molar-refractivity contribution in [3.8, 4) is 0 Å². The highest BCUT2D eigenvalue weighted by atomic mass is 16.2. The number of hydrogen-bond acceptors (Lipinski definition) is 1. The van der Waals surface area contributed by atoms with Gasteiger partial charge in [-0.25, -0.2) is 0 Å². The normalized spacial score (nSPS) is 16.6. The smallest absolute Gasteiger partial charge is 0.222 e. The maximum absolute atomic E-state index is 11.2. The lowest BCUT2D eigenvalue weighted by atomic mass is 10.1. The van der Waals surface area contributed by atoms with Crippen LogP contribution in [0.5, 0.6) is 0 Å². The average Bonchev–Trinajstić information content (AvgIpc) is 2.58. The Morgan fingerprint density at radius 1 is 1.21 bits per heavy atom. The van der Waals surface area contributed by atoms with Gasteiger partial charge in [0.05, 0.1) is 0 Å². The van der Waals surface area contributed by atoms with Crippen LogP contribution in [0.25, 0.3) is 0 Å². The molecule has 14 heavy (non-hydrogen) atoms. The Morgan fingerprint density at radius 3 is 2.57 bits per heavy atom. The minimum atomic E-state index is 0.318. The van der Waals surface area contributed by atoms with Crippen LogP contribution in [0.4, 0.5) is 0 Å². The molecule has 0 spiro atoms. The molecule has 81 valence electrons. The van der Waals surface area contributed by atoms with E-state index in [4.69, 9.17) is 0 Å². The van der Waals surface area contributed by atoms with Gasteiger partial charge in [-0.15, -0.1) is 0 Å². The number of nitrogens with zero attached hydrogens (tertiary/aromatic N) is 1. The van der Waals surface area contributed by atoms with Crippen LogP contribution in [0.2, 0.25) is 0 Å². The van der Waals surface area contributed by atoms with Crippen molar-refractivity contribution in [3.63, 3.8) is 0 Å². The van der Waals surface area contributed by atoms with Crippen LogP contribution >= 0.6 is 0 Å². The van der Waals surface area contributed by atoms with Crippen LogP contribution in [0.1, 0.15) is 51.9 Å². The maximum atomic E-state index is 11.2. The molecule has 1 rings (SSSR count). The molecule has 1 amide bonds. The van der Waals surface area contributed by atoms with Crippen LogP contribution in [0.15, 0.2) is 0 Å². The fourth-order valence-corrected chi connectivity index (χ4v) is 1.87. The zero-order valence-corrected chi connectivity index (χ0v) is 9.30. The first kappa shape index (κ1) is 11.5. The third-order valence-electron chi connectivity index (χ3n) is 2.80. The summed E-state index contributed by atoms with van der Waals surface area (Å²) >= 11 is 0. The molecular weight excluding hydrogens is 174 g/mol. The van der Waals surface area contributed by atoms with Crippen LogP contribution < -0.4 is 0 Å². The monoisotopic (exact) mass is 196 g/mol. The Balaban J connectivity index is 1.90. The lowest BCUT2D eigenvalue weighted by Crippen LogP contribution is -2.25. The van der Waals surface area contributed by atoms with E-state index in [1.165, 1.54) is 38.5 Å². The van der Waals surface area contributed by atoms with E-state index in [9.17, 15) is 4.79 Å². The molecule has 0 bridgehead atoms. The number of unbranched alkanes of at least 4 members (excludes halogenated alkanes) is 5. The van der Waals surface area contributed by atoms with Gasteiger partial charge in [-0.2, -0.15) is 0 Å². The summed E-state index contributed by atoms with van der Waals surface area (Å²) in [6, 6.07) is 0. The fourth-order valence-electron chi connectivity index (χ4n) is 1.87. The Labute approximate surface area is 87.7 Å². The van der Waals surface area contributed by atoms with E-state index in [0.717, 1.165) is 13.1 Å². The maximum Gasteiger partial charge on any atom is 0.222 e. The van der Waals surface area contributed by atoms with Crippen LogP contribution in [-0.2, 0) is 4.79 Å². The van der Waals surface area contributed by atoms with Gasteiger partial charge >= 0.3 is 0 Å². The summed E-state index contributed by atoms with van der Waals surface area (Å²) < 4.78 is 0. The average molecular weight is 196 g/mol. The summed E-state index contributed by atoms with van der Waals surface area (Å²) in [6.07, 6.45) is 10.6. The number of amides is 1. The molecule has 0 aliphatic carbocycles. The van der Waals surface area contributed by atoms with Crippen molar-refractivity contribution in [1.82, 2.24) is 4.90 Å². The zero-order valence-electron chi connectivity index (χ0n) is 9.30. The molecule has 1 heterocycles. The second-order valence-corrected chi connectivity index (χ2v) is 4.10. The van der Waals surface area contributed by atoms with Gasteiger partial charge in [0.25, 0.3) is 0 Å². The van der Waals surface area contributed by atoms with Crippen molar-refractivity contribution >= 4 is 5.91 Å². The molecule has 1 aliphatic heterocycles. The zero-order chi connectivity index (χ0) is 10.2. The molecule has 1 aliphatic rings. The summed E-state index contributed by atoms with van der Waals surface area (Å²) in [6.45, 7) is 4.09. The Bertz CT molecular complexity index is 168. The molecule has 0 unspecified atom stereocenters. The number of carbonyl (C=O) groups excluding carboxylic acids is 1. The molecule has 0 saturated carbocycles. The van der Waals surface area contributed by atoms with E-state index < -0.39 is 0 Å². The van der Waals surface area contributed by atoms with Crippen LogP contribution in [-0.4, -0.2) is 23.9 Å². The Morgan fingerprint density at radius 2 is 1.93 bits per heavy atom. The minimum Gasteiger partial charge on any atom is -0.342 e. The van der Waals surface area contributed by atoms with Crippen molar-refractivity contribution < 1.29 is 4.79 Å². The first-order chi connectivity index (χ1) is 6.84. The molecule has 1 saturated heterocycles. The third kappa shape index (κ3) is 4.12. The third-order valence-corrected chi connectivity index (χ3v) is 2.80. The summed E-state index contributed by atoms with van der Waals surface area (Å²) in [5.41, 5.74) is 0. The lowest BCUT2D eigenvalue weighted by molar-refractivity contribution is -0.127. The minimum absolute atomic E-state index is 0.318. The van der Waals surface area contributed by atoms with E-state index in [1.54, 1.807) is 0 Å². The summed E-state index contributed by atoms with van der Waals surface area (Å²) in [5.74, 6) is 0.318. The standard InChI is InChI=1S/C12H22NO/c1-2-3-4-5-6-7-10-13-11-8-9-12(13)14/h8H,2-7,9-11H2,1H3. The molecule has 1 fully saturated rings. The van der Waals surface area contributed by atoms with Crippen molar-refractivity contribution in [3.05, 3.63) is 6.42 Å². The molecule has 1 radical (unpaired) electrons. The first-order valence-electron chi connectivity index (χ1n) is 5.94. The second kappa shape index (κ2) is 6.86. The number of rotatable bonds is 7. The number of carbonyl (C=O) groups is 1. The van der Waals surface area contributed by atoms with E-state index in [2.05, 4.69) is 13.3 Å². The van der Waals surface area contributed by atoms with Gasteiger partial charge in [-0.1, -0.05) is 39.0 Å². The highest BCUT2D eigenvalue weighted by molar-refractivity contribution is 5.79.